The van der Waals surface area contributed by atoms with E-state index in [0.29, 0.717) is 25.1 Å². The minimum absolute atomic E-state index is 0.410. The lowest BCUT2D eigenvalue weighted by Crippen LogP contribution is -2.37. The van der Waals surface area contributed by atoms with Crippen LogP contribution in [0.4, 0.5) is 17.5 Å². The Bertz CT molecular complexity index is 1550. The van der Waals surface area contributed by atoms with Gasteiger partial charge in [-0.15, -0.1) is 0 Å². The summed E-state index contributed by atoms with van der Waals surface area (Å²) in [5.41, 5.74) is 8.17. The first-order chi connectivity index (χ1) is 18.4. The number of hydrogen-bond acceptors (Lipinski definition) is 8. The van der Waals surface area contributed by atoms with Crippen molar-refractivity contribution in [2.24, 2.45) is 23.2 Å². The van der Waals surface area contributed by atoms with E-state index in [2.05, 4.69) is 81.8 Å². The van der Waals surface area contributed by atoms with Gasteiger partial charge in [0, 0.05) is 55.0 Å². The lowest BCUT2D eigenvalue weighted by atomic mass is 9.99. The first-order valence-corrected chi connectivity index (χ1v) is 13.1. The van der Waals surface area contributed by atoms with E-state index in [1.54, 1.807) is 0 Å². The fourth-order valence-corrected chi connectivity index (χ4v) is 4.89. The largest absolute Gasteiger partial charge is 0.378 e. The van der Waals surface area contributed by atoms with Crippen LogP contribution in [0.2, 0.25) is 0 Å². The van der Waals surface area contributed by atoms with Crippen molar-refractivity contribution in [3.8, 4) is 11.3 Å². The van der Waals surface area contributed by atoms with E-state index in [1.807, 2.05) is 24.7 Å². The second kappa shape index (κ2) is 9.98. The average Bonchev–Trinajstić information content (AvgIpc) is 3.54. The van der Waals surface area contributed by atoms with Crippen molar-refractivity contribution in [1.82, 2.24) is 19.7 Å². The van der Waals surface area contributed by atoms with Crippen LogP contribution in [0.25, 0.3) is 22.2 Å². The Morgan fingerprint density at radius 1 is 0.921 bits per heavy atom. The average molecular weight is 509 g/mol. The number of morpholine rings is 1. The van der Waals surface area contributed by atoms with Crippen LogP contribution in [0.1, 0.15) is 31.5 Å². The summed E-state index contributed by atoms with van der Waals surface area (Å²) in [6.07, 6.45) is 0.809. The first kappa shape index (κ1) is 24.2. The molecule has 38 heavy (non-hydrogen) atoms. The molecule has 0 atom stereocenters. The molecule has 0 unspecified atom stereocenters. The van der Waals surface area contributed by atoms with E-state index in [1.165, 1.54) is 0 Å². The minimum atomic E-state index is 0.410. The van der Waals surface area contributed by atoms with Crippen LogP contribution in [0.5, 0.6) is 0 Å². The van der Waals surface area contributed by atoms with Gasteiger partial charge in [-0.3, -0.25) is 4.68 Å². The summed E-state index contributed by atoms with van der Waals surface area (Å²) in [5, 5.41) is 18.0. The first-order valence-electron chi connectivity index (χ1n) is 13.1. The SMILES string of the molecule is Cc1nn(C)c2cc(-c3cc(Nc4ccc(C5=NN=C(C(C)C)C5)cc4)nc(N4CCOCC4)n3)ccc12. The molecule has 0 spiro atoms. The van der Waals surface area contributed by atoms with Crippen molar-refractivity contribution >= 4 is 39.8 Å². The molecule has 2 aliphatic heterocycles. The van der Waals surface area contributed by atoms with Crippen LogP contribution < -0.4 is 10.2 Å². The molecule has 1 saturated heterocycles. The van der Waals surface area contributed by atoms with Gasteiger partial charge in [-0.25, -0.2) is 4.98 Å². The van der Waals surface area contributed by atoms with E-state index < -0.39 is 0 Å². The molecule has 4 aromatic rings. The molecule has 0 amide bonds. The zero-order chi connectivity index (χ0) is 26.2. The predicted molar refractivity (Wildman–Crippen MR) is 153 cm³/mol. The number of nitrogens with one attached hydrogen (secondary N) is 1. The van der Waals surface area contributed by atoms with E-state index in [9.17, 15) is 0 Å². The zero-order valence-electron chi connectivity index (χ0n) is 22.3. The second-order valence-electron chi connectivity index (χ2n) is 10.2. The van der Waals surface area contributed by atoms with Gasteiger partial charge in [-0.05, 0) is 36.6 Å². The van der Waals surface area contributed by atoms with Crippen molar-refractivity contribution < 1.29 is 4.74 Å². The molecule has 0 radical (unpaired) electrons. The monoisotopic (exact) mass is 508 g/mol. The molecule has 1 N–H and O–H groups in total. The third-order valence-electron chi connectivity index (χ3n) is 7.14. The fraction of sp³-hybridized carbons (Fsp3) is 0.345. The van der Waals surface area contributed by atoms with Crippen molar-refractivity contribution in [2.45, 2.75) is 27.2 Å². The highest BCUT2D eigenvalue weighted by Gasteiger charge is 2.19. The van der Waals surface area contributed by atoms with Gasteiger partial charge in [0.25, 0.3) is 0 Å². The van der Waals surface area contributed by atoms with Crippen LogP contribution in [-0.4, -0.2) is 57.5 Å². The van der Waals surface area contributed by atoms with Gasteiger partial charge in [0.05, 0.1) is 35.8 Å². The Balaban J connectivity index is 1.30. The molecular formula is C29H32N8O. The summed E-state index contributed by atoms with van der Waals surface area (Å²) >= 11 is 0. The molecule has 2 aromatic heterocycles. The smallest absolute Gasteiger partial charge is 0.228 e. The van der Waals surface area contributed by atoms with Crippen molar-refractivity contribution in [2.75, 3.05) is 36.5 Å². The quantitative estimate of drug-likeness (QED) is 0.388. The Morgan fingerprint density at radius 3 is 2.42 bits per heavy atom. The Hall–Kier alpha value is -4.11. The summed E-state index contributed by atoms with van der Waals surface area (Å²) in [5.74, 6) is 1.85. The molecule has 2 aromatic carbocycles. The van der Waals surface area contributed by atoms with Crippen LogP contribution in [0, 0.1) is 12.8 Å². The molecule has 0 bridgehead atoms. The maximum absolute atomic E-state index is 5.56. The van der Waals surface area contributed by atoms with Crippen molar-refractivity contribution in [1.29, 1.82) is 0 Å². The summed E-state index contributed by atoms with van der Waals surface area (Å²) in [6, 6.07) is 16.7. The number of hydrogen-bond donors (Lipinski definition) is 1. The number of aromatic nitrogens is 4. The topological polar surface area (TPSA) is 92.8 Å². The van der Waals surface area contributed by atoms with Gasteiger partial charge in [-0.1, -0.05) is 38.1 Å². The molecule has 0 saturated carbocycles. The Morgan fingerprint density at radius 2 is 1.68 bits per heavy atom. The van der Waals surface area contributed by atoms with Gasteiger partial charge < -0.3 is 15.0 Å². The van der Waals surface area contributed by atoms with Gasteiger partial charge in [-0.2, -0.15) is 20.3 Å². The highest BCUT2D eigenvalue weighted by Crippen LogP contribution is 2.29. The standard InChI is InChI=1S/C29H32N8O/c1-18(2)24-16-26(34-33-24)20-5-8-22(9-6-20)30-28-17-25(31-29(32-28)37-11-13-38-14-12-37)21-7-10-23-19(3)35-36(4)27(23)15-21/h5-10,15,17-18H,11-14,16H2,1-4H3,(H,30,31,32). The normalized spacial score (nSPS) is 15.8. The predicted octanol–water partition coefficient (Wildman–Crippen LogP) is 5.12. The number of fused-ring (bicyclic) bond motifs is 1. The zero-order valence-corrected chi connectivity index (χ0v) is 22.3. The fourth-order valence-electron chi connectivity index (χ4n) is 4.89. The van der Waals surface area contributed by atoms with Gasteiger partial charge in [0.2, 0.25) is 5.95 Å². The number of ether oxygens (including phenoxy) is 1. The third kappa shape index (κ3) is 4.77. The van der Waals surface area contributed by atoms with E-state index in [-0.39, 0.29) is 0 Å². The van der Waals surface area contributed by atoms with E-state index in [4.69, 9.17) is 14.7 Å². The van der Waals surface area contributed by atoms with Crippen LogP contribution in [0.3, 0.4) is 0 Å². The van der Waals surface area contributed by atoms with E-state index >= 15 is 0 Å². The maximum Gasteiger partial charge on any atom is 0.228 e. The summed E-state index contributed by atoms with van der Waals surface area (Å²) in [7, 11) is 1.97. The van der Waals surface area contributed by atoms with Crippen molar-refractivity contribution in [3.05, 3.63) is 59.8 Å². The van der Waals surface area contributed by atoms with E-state index in [0.717, 1.165) is 75.9 Å². The Kier molecular flexibility index (Phi) is 6.37. The highest BCUT2D eigenvalue weighted by molar-refractivity contribution is 6.15. The summed E-state index contributed by atoms with van der Waals surface area (Å²) in [6.45, 7) is 9.21. The lowest BCUT2D eigenvalue weighted by Gasteiger charge is -2.27. The molecule has 2 aliphatic rings. The van der Waals surface area contributed by atoms with Crippen LogP contribution in [-0.2, 0) is 11.8 Å². The third-order valence-corrected chi connectivity index (χ3v) is 7.14. The molecule has 0 aliphatic carbocycles. The molecule has 9 heteroatoms. The van der Waals surface area contributed by atoms with Gasteiger partial charge in [0.15, 0.2) is 0 Å². The van der Waals surface area contributed by atoms with Crippen LogP contribution in [0.15, 0.2) is 58.7 Å². The molecule has 1 fully saturated rings. The molecule has 9 nitrogen and oxygen atoms in total. The highest BCUT2D eigenvalue weighted by atomic mass is 16.5. The Labute approximate surface area is 222 Å². The van der Waals surface area contributed by atoms with Gasteiger partial charge in [0.1, 0.15) is 5.82 Å². The number of rotatable bonds is 6. The maximum atomic E-state index is 5.56. The lowest BCUT2D eigenvalue weighted by molar-refractivity contribution is 0.122. The summed E-state index contributed by atoms with van der Waals surface area (Å²) < 4.78 is 7.48. The number of benzene rings is 2. The van der Waals surface area contributed by atoms with Crippen molar-refractivity contribution in [3.63, 3.8) is 0 Å². The molecular weight excluding hydrogens is 476 g/mol. The van der Waals surface area contributed by atoms with Crippen LogP contribution >= 0.6 is 0 Å². The van der Waals surface area contributed by atoms with Gasteiger partial charge >= 0.3 is 0 Å². The summed E-state index contributed by atoms with van der Waals surface area (Å²) in [4.78, 5) is 12.0. The minimum Gasteiger partial charge on any atom is -0.378 e. The molecule has 194 valence electrons. The number of aryl methyl sites for hydroxylation is 2. The molecule has 4 heterocycles. The number of nitrogens with zero attached hydrogens (tertiary/aromatic N) is 7. The second-order valence-corrected chi connectivity index (χ2v) is 10.2. The number of anilines is 3. The molecule has 6 rings (SSSR count).